The van der Waals surface area contributed by atoms with Crippen LogP contribution in [0.3, 0.4) is 0 Å². The van der Waals surface area contributed by atoms with Gasteiger partial charge >= 0.3 is 6.18 Å². The Morgan fingerprint density at radius 3 is 2.60 bits per heavy atom. The van der Waals surface area contributed by atoms with Gasteiger partial charge in [0.2, 0.25) is 5.91 Å². The fourth-order valence-electron chi connectivity index (χ4n) is 3.40. The van der Waals surface area contributed by atoms with Gasteiger partial charge in [-0.15, -0.1) is 11.8 Å². The maximum absolute atomic E-state index is 13.0. The summed E-state index contributed by atoms with van der Waals surface area (Å²) in [6.07, 6.45) is -2.99. The van der Waals surface area contributed by atoms with Crippen molar-refractivity contribution in [2.24, 2.45) is 11.3 Å². The Bertz CT molecular complexity index is 609. The van der Waals surface area contributed by atoms with E-state index in [0.717, 1.165) is 18.2 Å². The number of thioether (sulfide) groups is 1. The lowest BCUT2D eigenvalue weighted by Crippen LogP contribution is -2.32. The molecule has 1 amide bonds. The van der Waals surface area contributed by atoms with E-state index in [1.165, 1.54) is 23.9 Å². The molecule has 1 aromatic carbocycles. The Morgan fingerprint density at radius 2 is 2.00 bits per heavy atom. The van der Waals surface area contributed by atoms with E-state index in [-0.39, 0.29) is 22.6 Å². The van der Waals surface area contributed by atoms with Gasteiger partial charge in [0.05, 0.1) is 5.56 Å². The topological polar surface area (TPSA) is 20.3 Å². The molecule has 1 aliphatic heterocycles. The highest BCUT2D eigenvalue weighted by atomic mass is 32.2. The number of alkyl halides is 3. The first-order valence-corrected chi connectivity index (χ1v) is 9.60. The monoisotopic (exact) mass is 373 g/mol. The van der Waals surface area contributed by atoms with Gasteiger partial charge in [-0.25, -0.2) is 0 Å². The minimum atomic E-state index is -4.37. The highest BCUT2D eigenvalue weighted by molar-refractivity contribution is 7.99. The highest BCUT2D eigenvalue weighted by Crippen LogP contribution is 2.41. The van der Waals surface area contributed by atoms with Crippen LogP contribution in [0.4, 0.5) is 13.2 Å². The van der Waals surface area contributed by atoms with E-state index in [9.17, 15) is 18.0 Å². The third kappa shape index (κ3) is 5.66. The number of hydrogen-bond acceptors (Lipinski definition) is 2. The molecule has 1 aliphatic rings. The second kappa shape index (κ2) is 7.60. The van der Waals surface area contributed by atoms with E-state index in [1.54, 1.807) is 11.0 Å². The van der Waals surface area contributed by atoms with Gasteiger partial charge in [-0.2, -0.15) is 13.2 Å². The summed E-state index contributed by atoms with van der Waals surface area (Å²) >= 11 is 1.53. The lowest BCUT2D eigenvalue weighted by atomic mass is 9.84. The van der Waals surface area contributed by atoms with Crippen molar-refractivity contribution in [2.45, 2.75) is 52.1 Å². The summed E-state index contributed by atoms with van der Waals surface area (Å²) in [5, 5.41) is -0.323. The number of benzene rings is 1. The summed E-state index contributed by atoms with van der Waals surface area (Å²) in [4.78, 5) is 14.4. The molecule has 0 spiro atoms. The molecule has 2 atom stereocenters. The number of nitrogens with zero attached hydrogens (tertiary/aromatic N) is 1. The van der Waals surface area contributed by atoms with Gasteiger partial charge in [0.15, 0.2) is 0 Å². The molecule has 1 aromatic rings. The highest BCUT2D eigenvalue weighted by Gasteiger charge is 2.35. The van der Waals surface area contributed by atoms with Gasteiger partial charge in [-0.05, 0) is 35.4 Å². The van der Waals surface area contributed by atoms with Crippen molar-refractivity contribution >= 4 is 17.7 Å². The van der Waals surface area contributed by atoms with Crippen molar-refractivity contribution < 1.29 is 18.0 Å². The van der Waals surface area contributed by atoms with E-state index in [0.29, 0.717) is 18.5 Å². The molecule has 1 saturated heterocycles. The zero-order valence-electron chi connectivity index (χ0n) is 15.2. The van der Waals surface area contributed by atoms with Crippen molar-refractivity contribution in [3.05, 3.63) is 35.4 Å². The van der Waals surface area contributed by atoms with Crippen LogP contribution in [0.1, 0.15) is 57.0 Å². The quantitative estimate of drug-likeness (QED) is 0.670. The van der Waals surface area contributed by atoms with Crippen molar-refractivity contribution in [1.82, 2.24) is 4.90 Å². The van der Waals surface area contributed by atoms with Crippen LogP contribution in [0.2, 0.25) is 0 Å². The first-order valence-electron chi connectivity index (χ1n) is 8.55. The van der Waals surface area contributed by atoms with Gasteiger partial charge in [-0.3, -0.25) is 4.79 Å². The standard InChI is InChI=1S/C19H26F3NOS/c1-13(12-18(2,3)4)10-16(24)23-8-9-25-17(23)14-6-5-7-15(11-14)19(20,21)22/h5-7,11,13,17H,8-10,12H2,1-4H3/t13-,17-/m1/s1. The predicted molar refractivity (Wildman–Crippen MR) is 96.2 cm³/mol. The van der Waals surface area contributed by atoms with Crippen LogP contribution in [-0.4, -0.2) is 23.1 Å². The van der Waals surface area contributed by atoms with Crippen molar-refractivity contribution in [2.75, 3.05) is 12.3 Å². The molecular formula is C19H26F3NOS. The smallest absolute Gasteiger partial charge is 0.326 e. The van der Waals surface area contributed by atoms with Gasteiger partial charge in [0.1, 0.15) is 5.37 Å². The van der Waals surface area contributed by atoms with Crippen LogP contribution in [0, 0.1) is 11.3 Å². The molecular weight excluding hydrogens is 347 g/mol. The molecule has 2 rings (SSSR count). The summed E-state index contributed by atoms with van der Waals surface area (Å²) in [7, 11) is 0. The number of halogens is 3. The SMILES string of the molecule is C[C@H](CC(=O)N1CCS[C@@H]1c1cccc(C(F)(F)F)c1)CC(C)(C)C. The van der Waals surface area contributed by atoms with E-state index >= 15 is 0 Å². The van der Waals surface area contributed by atoms with Crippen LogP contribution in [0.5, 0.6) is 0 Å². The summed E-state index contributed by atoms with van der Waals surface area (Å²) in [5.74, 6) is 1.03. The largest absolute Gasteiger partial charge is 0.416 e. The molecule has 0 radical (unpaired) electrons. The third-order valence-corrected chi connectivity index (χ3v) is 5.46. The second-order valence-electron chi connectivity index (χ2n) is 8.01. The number of hydrogen-bond donors (Lipinski definition) is 0. The summed E-state index contributed by atoms with van der Waals surface area (Å²) < 4.78 is 38.9. The van der Waals surface area contributed by atoms with Crippen LogP contribution >= 0.6 is 11.8 Å². The molecule has 1 heterocycles. The number of amides is 1. The van der Waals surface area contributed by atoms with Gasteiger partial charge in [-0.1, -0.05) is 39.8 Å². The lowest BCUT2D eigenvalue weighted by molar-refractivity contribution is -0.137. The van der Waals surface area contributed by atoms with Gasteiger partial charge < -0.3 is 4.90 Å². The first-order chi connectivity index (χ1) is 11.5. The van der Waals surface area contributed by atoms with Crippen molar-refractivity contribution in [1.29, 1.82) is 0 Å². The Balaban J connectivity index is 2.11. The maximum Gasteiger partial charge on any atom is 0.416 e. The number of rotatable bonds is 4. The van der Waals surface area contributed by atoms with Crippen LogP contribution < -0.4 is 0 Å². The molecule has 6 heteroatoms. The van der Waals surface area contributed by atoms with Crippen molar-refractivity contribution in [3.8, 4) is 0 Å². The second-order valence-corrected chi connectivity index (χ2v) is 9.20. The minimum absolute atomic E-state index is 0.0316. The Kier molecular flexibility index (Phi) is 6.13. The molecule has 0 aliphatic carbocycles. The maximum atomic E-state index is 13.0. The predicted octanol–water partition coefficient (Wildman–Crippen LogP) is 5.74. The lowest BCUT2D eigenvalue weighted by Gasteiger charge is -2.28. The van der Waals surface area contributed by atoms with Crippen LogP contribution in [0.25, 0.3) is 0 Å². The van der Waals surface area contributed by atoms with Crippen LogP contribution in [0.15, 0.2) is 24.3 Å². The molecule has 0 unspecified atom stereocenters. The normalized spacial score (nSPS) is 20.0. The zero-order chi connectivity index (χ0) is 18.8. The Morgan fingerprint density at radius 1 is 1.32 bits per heavy atom. The molecule has 0 N–H and O–H groups in total. The molecule has 0 saturated carbocycles. The zero-order valence-corrected chi connectivity index (χ0v) is 16.0. The van der Waals surface area contributed by atoms with Gasteiger partial charge in [0, 0.05) is 18.7 Å². The number of carbonyl (C=O) groups excluding carboxylic acids is 1. The first kappa shape index (κ1) is 20.1. The Labute approximate surface area is 152 Å². The average molecular weight is 373 g/mol. The summed E-state index contributed by atoms with van der Waals surface area (Å²) in [6, 6.07) is 5.33. The molecule has 140 valence electrons. The van der Waals surface area contributed by atoms with E-state index in [2.05, 4.69) is 27.7 Å². The summed E-state index contributed by atoms with van der Waals surface area (Å²) in [5.41, 5.74) is 0.0417. The molecule has 0 bridgehead atoms. The van der Waals surface area contributed by atoms with E-state index in [4.69, 9.17) is 0 Å². The van der Waals surface area contributed by atoms with Crippen LogP contribution in [-0.2, 0) is 11.0 Å². The summed E-state index contributed by atoms with van der Waals surface area (Å²) in [6.45, 7) is 9.08. The number of carbonyl (C=O) groups is 1. The fourth-order valence-corrected chi connectivity index (χ4v) is 4.67. The van der Waals surface area contributed by atoms with Gasteiger partial charge in [0.25, 0.3) is 0 Å². The molecule has 0 aromatic heterocycles. The molecule has 1 fully saturated rings. The fraction of sp³-hybridized carbons (Fsp3) is 0.632. The average Bonchev–Trinajstić information content (AvgIpc) is 2.93. The Hall–Kier alpha value is -1.17. The minimum Gasteiger partial charge on any atom is -0.326 e. The molecule has 2 nitrogen and oxygen atoms in total. The third-order valence-electron chi connectivity index (χ3n) is 4.19. The van der Waals surface area contributed by atoms with E-state index < -0.39 is 11.7 Å². The van der Waals surface area contributed by atoms with E-state index in [1.807, 2.05) is 0 Å². The van der Waals surface area contributed by atoms with Crippen molar-refractivity contribution in [3.63, 3.8) is 0 Å². The molecule has 25 heavy (non-hydrogen) atoms.